The Morgan fingerprint density at radius 1 is 1.30 bits per heavy atom. The topological polar surface area (TPSA) is 118 Å². The summed E-state index contributed by atoms with van der Waals surface area (Å²) in [6.45, 7) is 0.624. The Balaban J connectivity index is 1.96. The molecule has 0 aromatic carbocycles. The molecular weight excluding hydrogens is 260 g/mol. The fourth-order valence-electron chi connectivity index (χ4n) is 3.60. The van der Waals surface area contributed by atoms with Crippen LogP contribution in [0.4, 0.5) is 0 Å². The van der Waals surface area contributed by atoms with Crippen LogP contribution in [0.5, 0.6) is 0 Å². The monoisotopic (exact) mass is 270 g/mol. The van der Waals surface area contributed by atoms with Crippen LogP contribution in [0.1, 0.15) is 11.7 Å². The molecule has 3 heterocycles. The maximum Gasteiger partial charge on any atom is 0.293 e. The molecule has 2 N–H and O–H groups in total. The van der Waals surface area contributed by atoms with Crippen molar-refractivity contribution in [3.63, 3.8) is 0 Å². The van der Waals surface area contributed by atoms with Gasteiger partial charge in [0, 0.05) is 0 Å². The molecule has 2 aliphatic heterocycles. The normalized spacial score (nSPS) is 39.9. The third kappa shape index (κ3) is 0.856. The van der Waals surface area contributed by atoms with Crippen LogP contribution in [0.25, 0.3) is 0 Å². The van der Waals surface area contributed by atoms with Gasteiger partial charge in [0.25, 0.3) is 5.91 Å². The maximum absolute atomic E-state index is 9.74. The smallest absolute Gasteiger partial charge is 0.293 e. The lowest BCUT2D eigenvalue weighted by molar-refractivity contribution is -0.184. The Labute approximate surface area is 114 Å². The van der Waals surface area contributed by atoms with Crippen LogP contribution in [-0.4, -0.2) is 25.0 Å². The first-order valence-electron chi connectivity index (χ1n) is 6.18. The zero-order valence-electron chi connectivity index (χ0n) is 10.4. The van der Waals surface area contributed by atoms with Gasteiger partial charge in [-0.25, -0.2) is 4.99 Å². The molecular formula is C13H10N4O3. The van der Waals surface area contributed by atoms with Crippen LogP contribution in [-0.2, 0) is 9.47 Å². The molecule has 20 heavy (non-hydrogen) atoms. The minimum Gasteiger partial charge on any atom is -0.469 e. The molecule has 1 aliphatic carbocycles. The summed E-state index contributed by atoms with van der Waals surface area (Å²) in [4.78, 5) is 4.16. The molecule has 1 saturated heterocycles. The van der Waals surface area contributed by atoms with E-state index < -0.39 is 22.7 Å². The van der Waals surface area contributed by atoms with Crippen LogP contribution < -0.4 is 5.73 Å². The predicted molar refractivity (Wildman–Crippen MR) is 63.8 cm³/mol. The minimum atomic E-state index is -1.49. The van der Waals surface area contributed by atoms with Gasteiger partial charge in [0.2, 0.25) is 0 Å². The van der Waals surface area contributed by atoms with E-state index in [1.165, 1.54) is 6.26 Å². The zero-order valence-corrected chi connectivity index (χ0v) is 10.4. The lowest BCUT2D eigenvalue weighted by Crippen LogP contribution is -2.38. The van der Waals surface area contributed by atoms with Gasteiger partial charge >= 0.3 is 0 Å². The molecule has 7 heteroatoms. The number of hydrogen-bond donors (Lipinski definition) is 1. The summed E-state index contributed by atoms with van der Waals surface area (Å²) >= 11 is 0. The third-order valence-corrected chi connectivity index (χ3v) is 4.43. The fraction of sp³-hybridized carbons (Fsp3) is 0.462. The van der Waals surface area contributed by atoms with E-state index in [0.717, 1.165) is 0 Å². The van der Waals surface area contributed by atoms with Crippen LogP contribution in [0, 0.1) is 33.5 Å². The van der Waals surface area contributed by atoms with E-state index in [1.54, 1.807) is 12.1 Å². The second-order valence-corrected chi connectivity index (χ2v) is 5.06. The molecule has 1 aromatic heterocycles. The van der Waals surface area contributed by atoms with Gasteiger partial charge < -0.3 is 19.6 Å². The number of ether oxygens (including phenoxy) is 2. The molecule has 7 nitrogen and oxygen atoms in total. The summed E-state index contributed by atoms with van der Waals surface area (Å²) < 4.78 is 16.5. The average Bonchev–Trinajstić information content (AvgIpc) is 2.93. The number of rotatable bonds is 1. The van der Waals surface area contributed by atoms with Gasteiger partial charge in [0.05, 0.1) is 37.5 Å². The van der Waals surface area contributed by atoms with Crippen molar-refractivity contribution in [2.24, 2.45) is 21.6 Å². The van der Waals surface area contributed by atoms with Crippen LogP contribution >= 0.6 is 0 Å². The Kier molecular flexibility index (Phi) is 1.84. The van der Waals surface area contributed by atoms with Crippen molar-refractivity contribution in [1.29, 1.82) is 10.5 Å². The van der Waals surface area contributed by atoms with Gasteiger partial charge in [-0.3, -0.25) is 0 Å². The first-order valence-corrected chi connectivity index (χ1v) is 6.18. The number of furan rings is 1. The van der Waals surface area contributed by atoms with Gasteiger partial charge in [-0.05, 0) is 12.1 Å². The van der Waals surface area contributed by atoms with Crippen molar-refractivity contribution in [2.75, 3.05) is 13.2 Å². The van der Waals surface area contributed by atoms with Crippen LogP contribution in [0.2, 0.25) is 0 Å². The second-order valence-electron chi connectivity index (χ2n) is 5.06. The molecule has 3 atom stereocenters. The highest BCUT2D eigenvalue weighted by molar-refractivity contribution is 6.00. The summed E-state index contributed by atoms with van der Waals surface area (Å²) in [5, 5.41) is 19.4. The molecule has 1 aromatic rings. The number of hydrogen-bond acceptors (Lipinski definition) is 7. The highest BCUT2D eigenvalue weighted by atomic mass is 16.8. The Morgan fingerprint density at radius 2 is 2.05 bits per heavy atom. The highest BCUT2D eigenvalue weighted by Gasteiger charge is 2.95. The summed E-state index contributed by atoms with van der Waals surface area (Å²) in [6, 6.07) is 7.75. The van der Waals surface area contributed by atoms with Gasteiger partial charge in [-0.1, -0.05) is 0 Å². The van der Waals surface area contributed by atoms with Crippen molar-refractivity contribution >= 4 is 5.84 Å². The highest BCUT2D eigenvalue weighted by Crippen LogP contribution is 2.82. The van der Waals surface area contributed by atoms with E-state index in [9.17, 15) is 10.5 Å². The standard InChI is InChI=1S/C13H10N4O3/c14-6-11-9(8-2-1-3-18-8)12(11,7-15)13(17-10(11)16)19-4-5-20-13/h1-3,9H,4-5H2,(H2,16,17)/t9-,11+,12-/m1/s1. The predicted octanol–water partition coefficient (Wildman–Crippen LogP) is 0.468. The summed E-state index contributed by atoms with van der Waals surface area (Å²) in [5.74, 6) is -1.43. The number of nitrogens with two attached hydrogens (primary N) is 1. The molecule has 4 rings (SSSR count). The number of nitriles is 2. The summed E-state index contributed by atoms with van der Waals surface area (Å²) in [5.41, 5.74) is 3.42. The molecule has 3 aliphatic rings. The largest absolute Gasteiger partial charge is 0.469 e. The fourth-order valence-corrected chi connectivity index (χ4v) is 3.60. The lowest BCUT2D eigenvalue weighted by Gasteiger charge is -2.25. The van der Waals surface area contributed by atoms with Crippen LogP contribution in [0.3, 0.4) is 0 Å². The van der Waals surface area contributed by atoms with E-state index in [4.69, 9.17) is 19.6 Å². The summed E-state index contributed by atoms with van der Waals surface area (Å²) in [6.07, 6.45) is 1.50. The SMILES string of the molecule is N#C[C@@]12[C@H](c3ccco3)[C@@]1(C#N)C(N)=NC21OCCO1. The maximum atomic E-state index is 9.74. The molecule has 0 bridgehead atoms. The molecule has 1 saturated carbocycles. The van der Waals surface area contributed by atoms with E-state index >= 15 is 0 Å². The quantitative estimate of drug-likeness (QED) is 0.792. The number of amidine groups is 1. The van der Waals surface area contributed by atoms with E-state index in [0.29, 0.717) is 19.0 Å². The average molecular weight is 270 g/mol. The summed E-state index contributed by atoms with van der Waals surface area (Å²) in [7, 11) is 0. The molecule has 0 radical (unpaired) electrons. The van der Waals surface area contributed by atoms with E-state index in [1.807, 2.05) is 0 Å². The number of fused-ring (bicyclic) bond motifs is 2. The van der Waals surface area contributed by atoms with Crippen molar-refractivity contribution in [3.8, 4) is 12.1 Å². The Bertz CT molecular complexity index is 692. The zero-order chi connectivity index (χ0) is 14.0. The molecule has 2 fully saturated rings. The third-order valence-electron chi connectivity index (χ3n) is 4.43. The minimum absolute atomic E-state index is 0.0739. The van der Waals surface area contributed by atoms with Crippen molar-refractivity contribution in [3.05, 3.63) is 24.2 Å². The first-order chi connectivity index (χ1) is 9.68. The molecule has 100 valence electrons. The Hall–Kier alpha value is -2.35. The van der Waals surface area contributed by atoms with Crippen molar-refractivity contribution in [1.82, 2.24) is 0 Å². The van der Waals surface area contributed by atoms with E-state index in [2.05, 4.69) is 17.1 Å². The molecule has 0 amide bonds. The molecule has 1 spiro atoms. The van der Waals surface area contributed by atoms with Crippen LogP contribution in [0.15, 0.2) is 27.8 Å². The van der Waals surface area contributed by atoms with Gasteiger partial charge in [0.15, 0.2) is 10.8 Å². The lowest BCUT2D eigenvalue weighted by atomic mass is 9.94. The van der Waals surface area contributed by atoms with Crippen molar-refractivity contribution in [2.45, 2.75) is 11.8 Å². The Morgan fingerprint density at radius 3 is 2.60 bits per heavy atom. The first kappa shape index (κ1) is 11.5. The van der Waals surface area contributed by atoms with Gasteiger partial charge in [0.1, 0.15) is 11.6 Å². The number of nitrogens with zero attached hydrogens (tertiary/aromatic N) is 3. The van der Waals surface area contributed by atoms with Crippen molar-refractivity contribution < 1.29 is 13.9 Å². The van der Waals surface area contributed by atoms with Gasteiger partial charge in [-0.2, -0.15) is 10.5 Å². The van der Waals surface area contributed by atoms with Gasteiger partial charge in [-0.15, -0.1) is 0 Å². The molecule has 0 unspecified atom stereocenters. The van der Waals surface area contributed by atoms with E-state index in [-0.39, 0.29) is 5.84 Å². The second kappa shape index (κ2) is 3.21. The number of aliphatic imine (C=N–C) groups is 1.